The fourth-order valence-corrected chi connectivity index (χ4v) is 10.1. The first-order valence-corrected chi connectivity index (χ1v) is 25.9. The number of methoxy groups -OCH3 is 1. The maximum absolute atomic E-state index is 14.8. The number of azide groups is 1. The van der Waals surface area contributed by atoms with E-state index < -0.39 is 120 Å². The van der Waals surface area contributed by atoms with Crippen LogP contribution in [0.1, 0.15) is 49.6 Å². The van der Waals surface area contributed by atoms with Gasteiger partial charge >= 0.3 is 10.4 Å². The Hall–Kier alpha value is -6.60. The van der Waals surface area contributed by atoms with Crippen molar-refractivity contribution in [3.8, 4) is 28.7 Å². The molecule has 0 saturated carbocycles. The van der Waals surface area contributed by atoms with Gasteiger partial charge in [-0.05, 0) is 71.9 Å². The molecule has 1 aromatic heterocycles. The summed E-state index contributed by atoms with van der Waals surface area (Å²) in [4.78, 5) is 49.6. The number of rotatable bonds is 21. The zero-order valence-electron chi connectivity index (χ0n) is 41.7. The molecule has 2 amide bonds. The second-order valence-corrected chi connectivity index (χ2v) is 19.8. The van der Waals surface area contributed by atoms with Gasteiger partial charge in [0.2, 0.25) is 12.6 Å². The number of aromatic nitrogens is 1. The van der Waals surface area contributed by atoms with Crippen molar-refractivity contribution in [3.63, 3.8) is 0 Å². The molecule has 29 heteroatoms. The van der Waals surface area contributed by atoms with Crippen molar-refractivity contribution >= 4 is 67.0 Å². The van der Waals surface area contributed by atoms with E-state index in [1.807, 2.05) is 0 Å². The van der Waals surface area contributed by atoms with E-state index in [0.717, 1.165) is 12.1 Å². The number of hydrogen-bond donors (Lipinski definition) is 9. The van der Waals surface area contributed by atoms with E-state index in [4.69, 9.17) is 53.9 Å². The molecule has 0 aliphatic carbocycles. The van der Waals surface area contributed by atoms with Gasteiger partial charge in [-0.25, -0.2) is 0 Å². The van der Waals surface area contributed by atoms with Gasteiger partial charge in [-0.2, -0.15) is 0 Å². The molecular weight excluding hydrogens is 1080 g/mol. The number of H-pyrrole nitrogens is 1. The van der Waals surface area contributed by atoms with Crippen LogP contribution in [0.4, 0.5) is 5.69 Å². The van der Waals surface area contributed by atoms with Crippen LogP contribution in [-0.4, -0.2) is 204 Å². The molecular formula is C49H55ClN6O21S. The van der Waals surface area contributed by atoms with Gasteiger partial charge in [-0.1, -0.05) is 5.11 Å². The molecule has 5 aromatic rings. The van der Waals surface area contributed by atoms with Gasteiger partial charge < -0.3 is 92.4 Å². The van der Waals surface area contributed by atoms with Crippen LogP contribution >= 0.6 is 11.6 Å². The highest BCUT2D eigenvalue weighted by Gasteiger charge is 2.47. The van der Waals surface area contributed by atoms with Gasteiger partial charge in [-0.15, -0.1) is 20.0 Å². The summed E-state index contributed by atoms with van der Waals surface area (Å²) in [6.45, 7) is -0.164. The lowest BCUT2D eigenvalue weighted by Gasteiger charge is -2.39. The molecule has 4 aromatic carbocycles. The summed E-state index contributed by atoms with van der Waals surface area (Å²) in [6.07, 6.45) is -17.1. The number of carbonyl (C=O) groups is 3. The second-order valence-electron chi connectivity index (χ2n) is 18.3. The molecule has 0 unspecified atom stereocenters. The van der Waals surface area contributed by atoms with Gasteiger partial charge in [0.25, 0.3) is 11.8 Å². The quantitative estimate of drug-likeness (QED) is 0.0123. The highest BCUT2D eigenvalue weighted by molar-refractivity contribution is 7.82. The number of halogens is 1. The van der Waals surface area contributed by atoms with Crippen molar-refractivity contribution in [1.82, 2.24) is 9.88 Å². The van der Waals surface area contributed by atoms with Gasteiger partial charge in [0.1, 0.15) is 66.0 Å². The minimum Gasteiger partial charge on any atom is -0.497 e. The number of hydrogen-bond acceptors (Lipinski definition) is 22. The predicted molar refractivity (Wildman–Crippen MR) is 271 cm³/mol. The van der Waals surface area contributed by atoms with Crippen molar-refractivity contribution in [2.45, 2.75) is 74.3 Å². The summed E-state index contributed by atoms with van der Waals surface area (Å²) < 4.78 is 73.5. The molecule has 78 heavy (non-hydrogen) atoms. The van der Waals surface area contributed by atoms with Crippen molar-refractivity contribution < 1.29 is 100 Å². The number of nitrogens with zero attached hydrogens (tertiary/aromatic N) is 5. The zero-order valence-corrected chi connectivity index (χ0v) is 43.3. The molecule has 4 heterocycles. The number of likely N-dealkylation sites (N-methyl/N-ethyl adjacent to an activating group) is 1. The number of aliphatic hydroxyl groups is 8. The van der Waals surface area contributed by atoms with Crippen molar-refractivity contribution in [1.29, 1.82) is 0 Å². The Kier molecular flexibility index (Phi) is 17.9. The molecule has 2 fully saturated rings. The maximum Gasteiger partial charge on any atom is 0.501 e. The number of ether oxygens (including phenoxy) is 6. The molecule has 27 nitrogen and oxygen atoms in total. The maximum atomic E-state index is 14.8. The average molecular weight is 1130 g/mol. The lowest BCUT2D eigenvalue weighted by Crippen LogP contribution is -2.60. The highest BCUT2D eigenvalue weighted by Crippen LogP contribution is 2.48. The Morgan fingerprint density at radius 1 is 0.821 bits per heavy atom. The van der Waals surface area contributed by atoms with Crippen LogP contribution in [0.5, 0.6) is 28.7 Å². The van der Waals surface area contributed by atoms with E-state index in [1.165, 1.54) is 73.3 Å². The predicted octanol–water partition coefficient (Wildman–Crippen LogP) is 0.974. The molecule has 0 radical (unpaired) electrons. The lowest BCUT2D eigenvalue weighted by molar-refractivity contribution is -0.277. The Morgan fingerprint density at radius 3 is 2.09 bits per heavy atom. The van der Waals surface area contributed by atoms with Crippen molar-refractivity contribution in [2.24, 2.45) is 5.11 Å². The largest absolute Gasteiger partial charge is 0.501 e. The van der Waals surface area contributed by atoms with Crippen molar-refractivity contribution in [2.75, 3.05) is 71.0 Å². The van der Waals surface area contributed by atoms with Gasteiger partial charge in [-0.3, -0.25) is 14.4 Å². The highest BCUT2D eigenvalue weighted by atomic mass is 35.5. The van der Waals surface area contributed by atoms with E-state index in [9.17, 15) is 63.7 Å². The third kappa shape index (κ3) is 11.9. The van der Waals surface area contributed by atoms with Crippen LogP contribution in [0.3, 0.4) is 0 Å². The first-order valence-electron chi connectivity index (χ1n) is 24.0. The first-order chi connectivity index (χ1) is 37.2. The van der Waals surface area contributed by atoms with Crippen LogP contribution in [0.25, 0.3) is 32.1 Å². The Balaban J connectivity index is 1.13. The van der Waals surface area contributed by atoms with E-state index in [-0.39, 0.29) is 83.6 Å². The Morgan fingerprint density at radius 2 is 1.47 bits per heavy atom. The lowest BCUT2D eigenvalue weighted by atomic mass is 9.95. The molecule has 0 bridgehead atoms. The molecule has 420 valence electrons. The minimum atomic E-state index is -5.34. The fourth-order valence-electron chi connectivity index (χ4n) is 9.15. The van der Waals surface area contributed by atoms with Crippen molar-refractivity contribution in [3.05, 3.63) is 93.5 Å². The minimum absolute atomic E-state index is 0.0168. The summed E-state index contributed by atoms with van der Waals surface area (Å²) in [7, 11) is -2.50. The van der Waals surface area contributed by atoms with E-state index >= 15 is 0 Å². The van der Waals surface area contributed by atoms with Crippen LogP contribution < -0.4 is 27.5 Å². The van der Waals surface area contributed by atoms with Gasteiger partial charge in [0, 0.05) is 77.4 Å². The number of nitrogens with one attached hydrogen (secondary N) is 1. The average Bonchev–Trinajstić information content (AvgIpc) is 4.12. The third-order valence-corrected chi connectivity index (χ3v) is 14.4. The van der Waals surface area contributed by atoms with E-state index in [2.05, 4.69) is 15.0 Å². The monoisotopic (exact) mass is 1130 g/mol. The Labute approximate surface area is 448 Å². The number of benzene rings is 4. The summed E-state index contributed by atoms with van der Waals surface area (Å²) in [5.74, 6) is -3.76. The number of aromatic amines is 1. The number of anilines is 1. The molecule has 8 rings (SSSR count). The fraction of sp³-hybridized carbons (Fsp3) is 0.449. The number of alkyl halides is 1. The topological polar surface area (TPSA) is 392 Å². The summed E-state index contributed by atoms with van der Waals surface area (Å²) in [5, 5.41) is 86.7. The number of carbonyl (C=O) groups excluding carboxylic acids is 3. The standard InChI is InChI=1S/C49H55ClN6O21S/c1-22(59)28-12-24-13-31(53-30(24)16-34(28)73-49-45(65)43(63)41(61)38(21-58)75-49)47(67)56-19-25(18-50)39-29-15-26(70-3)5-6-27(29)35(17-32(39)56)76-78(68,69)77-36-14-23(46(66)55(2)9-11-71-10-8-52-54-51)4-7-33(36)72-48-44(64)42(62)40(60)37(20-57)74-48/h4-7,12-17,25,37-38,40-45,48-49,53,57-58,60-65H,8-11,18-21H2,1-3H3/t25-,37-,38-,40+,41+,42+,43+,44-,45-,48-,49-/m1/s1. The van der Waals surface area contributed by atoms with Gasteiger partial charge in [0.05, 0.1) is 44.8 Å². The van der Waals surface area contributed by atoms with Crippen LogP contribution in [-0.2, 0) is 24.6 Å². The third-order valence-electron chi connectivity index (χ3n) is 13.3. The second kappa shape index (κ2) is 24.2. The SMILES string of the molecule is COc1ccc2c(OS(=O)(=O)Oc3cc(C(=O)N(C)CCOCCN=[N+]=[N-])ccc3O[C@@H]3O[C@H](CO)[C@H](O)[C@H](O)[C@H]3O)cc3c(c2c1)[C@H](CCl)CN3C(=O)c1cc2cc(C(C)=O)c(O[C@@H]3O[C@H](CO)[C@H](O)[C@H](O)[C@H]3O)cc2[nH]1. The van der Waals surface area contributed by atoms with Crippen LogP contribution in [0, 0.1) is 0 Å². The van der Waals surface area contributed by atoms with E-state index in [1.54, 1.807) is 6.07 Å². The number of aliphatic hydroxyl groups excluding tert-OH is 8. The van der Waals surface area contributed by atoms with E-state index in [0.29, 0.717) is 22.1 Å². The van der Waals surface area contributed by atoms with Crippen LogP contribution in [0.2, 0.25) is 0 Å². The summed E-state index contributed by atoms with van der Waals surface area (Å²) >= 11 is 6.58. The normalized spacial score (nSPS) is 25.0. The number of amides is 2. The number of ketones is 1. The smallest absolute Gasteiger partial charge is 0.497 e. The molecule has 11 atom stereocenters. The molecule has 9 N–H and O–H groups in total. The van der Waals surface area contributed by atoms with Crippen LogP contribution in [0.15, 0.2) is 65.8 Å². The van der Waals surface area contributed by atoms with Gasteiger partial charge in [0.15, 0.2) is 23.0 Å². The Bertz CT molecular complexity index is 3210. The molecule has 3 aliphatic rings. The number of Topliss-reactive ketones (excluding diaryl/α,β-unsaturated/α-hetero) is 1. The zero-order chi connectivity index (χ0) is 56.3. The number of fused-ring (bicyclic) bond motifs is 4. The summed E-state index contributed by atoms with van der Waals surface area (Å²) in [5.41, 5.74) is 9.22. The first kappa shape index (κ1) is 57.6. The molecule has 3 aliphatic heterocycles. The summed E-state index contributed by atoms with van der Waals surface area (Å²) in [6, 6.07) is 13.5. The molecule has 2 saturated heterocycles. The molecule has 0 spiro atoms.